The lowest BCUT2D eigenvalue weighted by Gasteiger charge is -2.09. The maximum Gasteiger partial charge on any atom is 0.269 e. The molecule has 0 saturated carbocycles. The van der Waals surface area contributed by atoms with E-state index in [0.29, 0.717) is 35.6 Å². The van der Waals surface area contributed by atoms with Gasteiger partial charge in [0.2, 0.25) is 0 Å². The van der Waals surface area contributed by atoms with Gasteiger partial charge in [0, 0.05) is 6.54 Å². The summed E-state index contributed by atoms with van der Waals surface area (Å²) in [7, 11) is 0. The predicted octanol–water partition coefficient (Wildman–Crippen LogP) is 3.81. The number of hydrogen-bond acceptors (Lipinski definition) is 4. The highest BCUT2D eigenvalue weighted by Gasteiger charge is 2.07. The van der Waals surface area contributed by atoms with Gasteiger partial charge in [-0.3, -0.25) is 4.79 Å². The van der Waals surface area contributed by atoms with Crippen molar-refractivity contribution in [2.45, 2.75) is 6.42 Å². The molecule has 5 nitrogen and oxygen atoms in total. The van der Waals surface area contributed by atoms with Crippen LogP contribution in [0, 0.1) is 17.1 Å². The number of nitrogens with zero attached hydrogens (tertiary/aromatic N) is 2. The summed E-state index contributed by atoms with van der Waals surface area (Å²) in [4.78, 5) is 16.3. The smallest absolute Gasteiger partial charge is 0.269 e. The van der Waals surface area contributed by atoms with Crippen LogP contribution in [0.4, 0.5) is 15.8 Å². The van der Waals surface area contributed by atoms with Crippen LogP contribution in [-0.2, 0) is 6.42 Å². The van der Waals surface area contributed by atoms with E-state index in [0.717, 1.165) is 5.56 Å². The summed E-state index contributed by atoms with van der Waals surface area (Å²) in [6.45, 7) is 0.432. The minimum Gasteiger partial charge on any atom is -0.353 e. The fraction of sp³-hybridized carbons (Fsp3) is 0.0952. The zero-order chi connectivity index (χ0) is 19.1. The molecular formula is C21H17FN4O. The molecule has 3 aromatic rings. The van der Waals surface area contributed by atoms with Gasteiger partial charge in [-0.2, -0.15) is 5.26 Å². The van der Waals surface area contributed by atoms with E-state index >= 15 is 0 Å². The molecule has 27 heavy (non-hydrogen) atoms. The Balaban J connectivity index is 1.55. The van der Waals surface area contributed by atoms with Crippen molar-refractivity contribution < 1.29 is 9.18 Å². The van der Waals surface area contributed by atoms with E-state index in [1.807, 2.05) is 6.07 Å². The third kappa shape index (κ3) is 4.89. The molecule has 0 fully saturated rings. The minimum absolute atomic E-state index is 0.277. The first kappa shape index (κ1) is 18.1. The van der Waals surface area contributed by atoms with Gasteiger partial charge in [0.05, 0.1) is 23.1 Å². The van der Waals surface area contributed by atoms with Crippen molar-refractivity contribution in [2.24, 2.45) is 0 Å². The number of para-hydroxylation sites is 1. The standard InChI is InChI=1S/C21H17FN4O/c22-17-7-5-15(6-8-17)11-12-24-21(27)20-10-9-18(14-25-20)26-19-4-2-1-3-16(19)13-23/h1-10,14,26H,11-12H2,(H,24,27). The summed E-state index contributed by atoms with van der Waals surface area (Å²) in [5.74, 6) is -0.556. The largest absolute Gasteiger partial charge is 0.353 e. The van der Waals surface area contributed by atoms with Crippen molar-refractivity contribution in [3.8, 4) is 6.07 Å². The molecule has 0 radical (unpaired) electrons. The number of nitriles is 1. The van der Waals surface area contributed by atoms with Crippen molar-refractivity contribution in [2.75, 3.05) is 11.9 Å². The molecule has 1 heterocycles. The van der Waals surface area contributed by atoms with Gasteiger partial charge in [0.25, 0.3) is 5.91 Å². The summed E-state index contributed by atoms with van der Waals surface area (Å²) in [6, 6.07) is 18.8. The van der Waals surface area contributed by atoms with E-state index in [2.05, 4.69) is 21.7 Å². The molecule has 0 spiro atoms. The second kappa shape index (κ2) is 8.59. The third-order valence-electron chi connectivity index (χ3n) is 3.94. The summed E-state index contributed by atoms with van der Waals surface area (Å²) in [6.07, 6.45) is 2.15. The Kier molecular flexibility index (Phi) is 5.75. The number of anilines is 2. The Labute approximate surface area is 156 Å². The van der Waals surface area contributed by atoms with Gasteiger partial charge in [0.15, 0.2) is 0 Å². The quantitative estimate of drug-likeness (QED) is 0.701. The molecule has 6 heteroatoms. The molecule has 2 N–H and O–H groups in total. The number of carbonyl (C=O) groups excluding carboxylic acids is 1. The number of carbonyl (C=O) groups is 1. The zero-order valence-electron chi connectivity index (χ0n) is 14.4. The van der Waals surface area contributed by atoms with E-state index in [4.69, 9.17) is 5.26 Å². The van der Waals surface area contributed by atoms with Gasteiger partial charge < -0.3 is 10.6 Å². The van der Waals surface area contributed by atoms with Crippen LogP contribution in [0.15, 0.2) is 66.9 Å². The van der Waals surface area contributed by atoms with Crippen molar-refractivity contribution in [1.29, 1.82) is 5.26 Å². The number of rotatable bonds is 6. The van der Waals surface area contributed by atoms with Gasteiger partial charge in [-0.25, -0.2) is 9.37 Å². The first-order valence-electron chi connectivity index (χ1n) is 8.40. The molecule has 1 amide bonds. The second-order valence-corrected chi connectivity index (χ2v) is 5.85. The van der Waals surface area contributed by atoms with Crippen LogP contribution >= 0.6 is 0 Å². The van der Waals surface area contributed by atoms with E-state index in [1.54, 1.807) is 48.7 Å². The summed E-state index contributed by atoms with van der Waals surface area (Å²) in [5.41, 5.74) is 3.13. The number of halogens is 1. The van der Waals surface area contributed by atoms with Crippen LogP contribution in [0.1, 0.15) is 21.6 Å². The number of pyridine rings is 1. The topological polar surface area (TPSA) is 77.8 Å². The van der Waals surface area contributed by atoms with E-state index in [9.17, 15) is 9.18 Å². The van der Waals surface area contributed by atoms with Gasteiger partial charge in [-0.15, -0.1) is 0 Å². The number of hydrogen-bond donors (Lipinski definition) is 2. The van der Waals surface area contributed by atoms with E-state index < -0.39 is 0 Å². The Bertz CT molecular complexity index is 963. The lowest BCUT2D eigenvalue weighted by Crippen LogP contribution is -2.26. The lowest BCUT2D eigenvalue weighted by atomic mass is 10.1. The van der Waals surface area contributed by atoms with Gasteiger partial charge >= 0.3 is 0 Å². The molecule has 1 aromatic heterocycles. The Morgan fingerprint density at radius 1 is 1.07 bits per heavy atom. The molecule has 0 saturated heterocycles. The van der Waals surface area contributed by atoms with Gasteiger partial charge in [-0.05, 0) is 48.4 Å². The molecule has 0 atom stereocenters. The Hall–Kier alpha value is -3.72. The van der Waals surface area contributed by atoms with Crippen LogP contribution in [0.2, 0.25) is 0 Å². The maximum atomic E-state index is 12.9. The predicted molar refractivity (Wildman–Crippen MR) is 101 cm³/mol. The average molecular weight is 360 g/mol. The van der Waals surface area contributed by atoms with E-state index in [-0.39, 0.29) is 11.7 Å². The normalized spacial score (nSPS) is 10.1. The van der Waals surface area contributed by atoms with Crippen LogP contribution in [0.5, 0.6) is 0 Å². The van der Waals surface area contributed by atoms with Crippen LogP contribution < -0.4 is 10.6 Å². The molecular weight excluding hydrogens is 343 g/mol. The Morgan fingerprint density at radius 3 is 2.56 bits per heavy atom. The van der Waals surface area contributed by atoms with Gasteiger partial charge in [-0.1, -0.05) is 24.3 Å². The van der Waals surface area contributed by atoms with Crippen molar-refractivity contribution >= 4 is 17.3 Å². The molecule has 0 aliphatic carbocycles. The first-order chi connectivity index (χ1) is 13.2. The summed E-state index contributed by atoms with van der Waals surface area (Å²) in [5, 5.41) is 15.0. The van der Waals surface area contributed by atoms with Crippen molar-refractivity contribution in [1.82, 2.24) is 10.3 Å². The van der Waals surface area contributed by atoms with Crippen LogP contribution in [0.25, 0.3) is 0 Å². The molecule has 2 aromatic carbocycles. The minimum atomic E-state index is -0.280. The first-order valence-corrected chi connectivity index (χ1v) is 8.40. The SMILES string of the molecule is N#Cc1ccccc1Nc1ccc(C(=O)NCCc2ccc(F)cc2)nc1. The molecule has 3 rings (SSSR count). The summed E-state index contributed by atoms with van der Waals surface area (Å²) >= 11 is 0. The monoisotopic (exact) mass is 360 g/mol. The van der Waals surface area contributed by atoms with Crippen LogP contribution in [-0.4, -0.2) is 17.4 Å². The molecule has 0 aliphatic rings. The second-order valence-electron chi connectivity index (χ2n) is 5.85. The zero-order valence-corrected chi connectivity index (χ0v) is 14.4. The average Bonchev–Trinajstić information content (AvgIpc) is 2.70. The van der Waals surface area contributed by atoms with Crippen molar-refractivity contribution in [3.05, 3.63) is 89.5 Å². The van der Waals surface area contributed by atoms with Crippen LogP contribution in [0.3, 0.4) is 0 Å². The van der Waals surface area contributed by atoms with Gasteiger partial charge in [0.1, 0.15) is 17.6 Å². The molecule has 0 bridgehead atoms. The third-order valence-corrected chi connectivity index (χ3v) is 3.94. The number of nitrogens with one attached hydrogen (secondary N) is 2. The number of aromatic nitrogens is 1. The fourth-order valence-electron chi connectivity index (χ4n) is 2.51. The molecule has 0 aliphatic heterocycles. The number of amides is 1. The molecule has 0 unspecified atom stereocenters. The summed E-state index contributed by atoms with van der Waals surface area (Å²) < 4.78 is 12.9. The highest BCUT2D eigenvalue weighted by atomic mass is 19.1. The fourth-order valence-corrected chi connectivity index (χ4v) is 2.51. The highest BCUT2D eigenvalue weighted by molar-refractivity contribution is 5.92. The number of benzene rings is 2. The Morgan fingerprint density at radius 2 is 1.85 bits per heavy atom. The van der Waals surface area contributed by atoms with Crippen molar-refractivity contribution in [3.63, 3.8) is 0 Å². The highest BCUT2D eigenvalue weighted by Crippen LogP contribution is 2.19. The molecule has 134 valence electrons. The van der Waals surface area contributed by atoms with E-state index in [1.165, 1.54) is 12.1 Å². The maximum absolute atomic E-state index is 12.9. The lowest BCUT2D eigenvalue weighted by molar-refractivity contribution is 0.0949.